The van der Waals surface area contributed by atoms with E-state index in [2.05, 4.69) is 140 Å². The van der Waals surface area contributed by atoms with Crippen LogP contribution in [0.5, 0.6) is 0 Å². The Bertz CT molecular complexity index is 2360. The van der Waals surface area contributed by atoms with Crippen molar-refractivity contribution >= 4 is 40.9 Å². The Morgan fingerprint density at radius 3 is 2.12 bits per heavy atom. The summed E-state index contributed by atoms with van der Waals surface area (Å²) in [6.45, 7) is 7.02. The number of hydrogen-bond acceptors (Lipinski definition) is 3. The molecule has 9 rings (SSSR count). The van der Waals surface area contributed by atoms with Crippen LogP contribution in [0.25, 0.3) is 55.4 Å². The van der Waals surface area contributed by atoms with Crippen molar-refractivity contribution in [3.8, 4) is 33.5 Å². The van der Waals surface area contributed by atoms with E-state index in [1.807, 2.05) is 36.7 Å². The minimum absolute atomic E-state index is 0. The normalized spacial score (nSPS) is 16.7. The van der Waals surface area contributed by atoms with Crippen molar-refractivity contribution in [3.05, 3.63) is 157 Å². The van der Waals surface area contributed by atoms with Crippen LogP contribution in [-0.4, -0.2) is 18.8 Å². The molecule has 2 unspecified atom stereocenters. The van der Waals surface area contributed by atoms with Gasteiger partial charge in [-0.15, -0.1) is 53.6 Å². The van der Waals surface area contributed by atoms with E-state index in [1.54, 1.807) is 0 Å². The maximum atomic E-state index is 6.44. The molecule has 1 saturated carbocycles. The first-order valence-corrected chi connectivity index (χ1v) is 21.6. The molecule has 7 aromatic rings. The van der Waals surface area contributed by atoms with Crippen LogP contribution in [0, 0.1) is 24.0 Å². The summed E-state index contributed by atoms with van der Waals surface area (Å²) in [4.78, 5) is 9.47. The zero-order valence-corrected chi connectivity index (χ0v) is 33.3. The standard InChI is InChI=1S/C27H22NO.C20H20NSi.Ir/c1-2-7-18(8-3-1)20-13-14-22-23-11-6-12-24(27(23)29-25(22)17-20)26-21-10-5-4-9-19(21)15-16-28-26;1-22(2,3)19-12-13-20(21-15-19)18-11-7-10-17(14-18)16-8-5-4-6-9-16;/h1-3,6-8,11,13-17,19,21H,4-5,9-10H2;4-10,12-15H,1-3H3;/q2*-1;. The van der Waals surface area contributed by atoms with Gasteiger partial charge >= 0.3 is 0 Å². The van der Waals surface area contributed by atoms with Gasteiger partial charge in [0.05, 0.1) is 13.7 Å². The van der Waals surface area contributed by atoms with Gasteiger partial charge in [-0.3, -0.25) is 0 Å². The molecule has 0 bridgehead atoms. The Hall–Kier alpha value is -4.67. The number of fused-ring (bicyclic) bond motifs is 4. The van der Waals surface area contributed by atoms with Gasteiger partial charge in [0.15, 0.2) is 0 Å². The van der Waals surface area contributed by atoms with Gasteiger partial charge in [-0.1, -0.05) is 141 Å². The Kier molecular flexibility index (Phi) is 10.7. The summed E-state index contributed by atoms with van der Waals surface area (Å²) in [5, 5.41) is 3.69. The molecular formula is C47H42IrN2OSi-2. The van der Waals surface area contributed by atoms with Crippen LogP contribution in [0.4, 0.5) is 0 Å². The van der Waals surface area contributed by atoms with Crippen molar-refractivity contribution in [1.29, 1.82) is 0 Å². The predicted octanol–water partition coefficient (Wildman–Crippen LogP) is 11.9. The van der Waals surface area contributed by atoms with Gasteiger partial charge in [0.1, 0.15) is 5.58 Å². The molecule has 0 N–H and O–H groups in total. The van der Waals surface area contributed by atoms with Gasteiger partial charge in [-0.25, -0.2) is 0 Å². The Balaban J connectivity index is 0.000000165. The summed E-state index contributed by atoms with van der Waals surface area (Å²) in [6.07, 6.45) is 11.4. The molecule has 0 amide bonds. The van der Waals surface area contributed by atoms with Gasteiger partial charge in [0.2, 0.25) is 0 Å². The van der Waals surface area contributed by atoms with Crippen LogP contribution in [-0.2, 0) is 20.1 Å². The number of rotatable bonds is 5. The van der Waals surface area contributed by atoms with Crippen molar-refractivity contribution in [2.75, 3.05) is 0 Å². The van der Waals surface area contributed by atoms with Crippen molar-refractivity contribution in [2.24, 2.45) is 16.8 Å². The smallest absolute Gasteiger partial charge is 0.121 e. The topological polar surface area (TPSA) is 38.4 Å². The van der Waals surface area contributed by atoms with Crippen molar-refractivity contribution in [2.45, 2.75) is 45.3 Å². The van der Waals surface area contributed by atoms with Crippen molar-refractivity contribution in [3.63, 3.8) is 0 Å². The Labute approximate surface area is 321 Å². The van der Waals surface area contributed by atoms with Crippen LogP contribution in [0.15, 0.2) is 149 Å². The zero-order chi connectivity index (χ0) is 34.8. The van der Waals surface area contributed by atoms with Gasteiger partial charge in [0, 0.05) is 37.9 Å². The molecule has 2 atom stereocenters. The van der Waals surface area contributed by atoms with Crippen molar-refractivity contribution < 1.29 is 24.5 Å². The minimum Gasteiger partial charge on any atom is -0.501 e. The second-order valence-electron chi connectivity index (χ2n) is 14.7. The molecule has 5 aromatic carbocycles. The van der Waals surface area contributed by atoms with E-state index in [1.165, 1.54) is 53.1 Å². The fourth-order valence-electron chi connectivity index (χ4n) is 7.47. The maximum Gasteiger partial charge on any atom is 0.121 e. The van der Waals surface area contributed by atoms with Crippen LogP contribution in [0.1, 0.15) is 31.2 Å². The average molecular weight is 871 g/mol. The second-order valence-corrected chi connectivity index (χ2v) is 19.8. The second kappa shape index (κ2) is 15.5. The summed E-state index contributed by atoms with van der Waals surface area (Å²) >= 11 is 0. The van der Waals surface area contributed by atoms with Gasteiger partial charge in [-0.05, 0) is 57.6 Å². The fraction of sp³-hybridized carbons (Fsp3) is 0.191. The number of aromatic nitrogens is 1. The minimum atomic E-state index is -1.29. The van der Waals surface area contributed by atoms with Gasteiger partial charge < -0.3 is 14.4 Å². The van der Waals surface area contributed by atoms with E-state index >= 15 is 0 Å². The number of furan rings is 1. The average Bonchev–Trinajstić information content (AvgIpc) is 3.57. The molecule has 1 radical (unpaired) electrons. The van der Waals surface area contributed by atoms with E-state index < -0.39 is 8.07 Å². The first-order chi connectivity index (χ1) is 24.9. The molecular weight excluding hydrogens is 829 g/mol. The van der Waals surface area contributed by atoms with Crippen LogP contribution in [0.3, 0.4) is 0 Å². The molecule has 3 nitrogen and oxygen atoms in total. The largest absolute Gasteiger partial charge is 0.501 e. The number of aliphatic imine (C=N–C) groups is 1. The molecule has 3 heterocycles. The van der Waals surface area contributed by atoms with E-state index in [9.17, 15) is 0 Å². The third-order valence-corrected chi connectivity index (χ3v) is 12.4. The summed E-state index contributed by atoms with van der Waals surface area (Å²) < 4.78 is 6.44. The summed E-state index contributed by atoms with van der Waals surface area (Å²) in [5.74, 6) is 1.10. The first kappa shape index (κ1) is 35.7. The first-order valence-electron chi connectivity index (χ1n) is 18.1. The number of pyridine rings is 1. The molecule has 2 aromatic heterocycles. The van der Waals surface area contributed by atoms with Gasteiger partial charge in [-0.2, -0.15) is 0 Å². The van der Waals surface area contributed by atoms with Gasteiger partial charge in [0.25, 0.3) is 0 Å². The molecule has 0 spiro atoms. The zero-order valence-electron chi connectivity index (χ0n) is 29.9. The molecule has 1 fully saturated rings. The van der Waals surface area contributed by atoms with Crippen LogP contribution >= 0.6 is 0 Å². The quantitative estimate of drug-likeness (QED) is 0.128. The van der Waals surface area contributed by atoms with E-state index in [0.717, 1.165) is 44.5 Å². The Morgan fingerprint density at radius 1 is 0.692 bits per heavy atom. The molecule has 261 valence electrons. The SMILES string of the molecule is C[Si](C)(C)c1ccc(-c2[c-]ccc(-c3ccccc3)c2)nc1.[Ir].[c-]1ccc2c(oc3cc(-c4ccccc4)ccc32)c1C1=NC=CC2CCCCC12. The maximum absolute atomic E-state index is 6.44. The van der Waals surface area contributed by atoms with E-state index in [-0.39, 0.29) is 20.1 Å². The van der Waals surface area contributed by atoms with E-state index in [4.69, 9.17) is 9.41 Å². The monoisotopic (exact) mass is 871 g/mol. The summed E-state index contributed by atoms with van der Waals surface area (Å²) in [7, 11) is -1.29. The molecule has 5 heteroatoms. The Morgan fingerprint density at radius 2 is 1.40 bits per heavy atom. The molecule has 2 aliphatic rings. The molecule has 1 aliphatic heterocycles. The number of allylic oxidation sites excluding steroid dienone is 1. The summed E-state index contributed by atoms with van der Waals surface area (Å²) in [6, 6.07) is 48.9. The number of benzene rings is 5. The third kappa shape index (κ3) is 7.45. The fourth-order valence-corrected chi connectivity index (χ4v) is 8.51. The number of nitrogens with zero attached hydrogens (tertiary/aromatic N) is 2. The van der Waals surface area contributed by atoms with Crippen molar-refractivity contribution in [1.82, 2.24) is 4.98 Å². The number of hydrogen-bond donors (Lipinski definition) is 0. The summed E-state index contributed by atoms with van der Waals surface area (Å²) in [5.41, 5.74) is 10.9. The van der Waals surface area contributed by atoms with E-state index in [0.29, 0.717) is 11.8 Å². The predicted molar refractivity (Wildman–Crippen MR) is 216 cm³/mol. The molecule has 52 heavy (non-hydrogen) atoms. The van der Waals surface area contributed by atoms with Crippen LogP contribution in [0.2, 0.25) is 19.6 Å². The molecule has 1 aliphatic carbocycles. The van der Waals surface area contributed by atoms with Crippen LogP contribution < -0.4 is 5.19 Å². The molecule has 0 saturated heterocycles. The third-order valence-electron chi connectivity index (χ3n) is 10.3.